The van der Waals surface area contributed by atoms with Gasteiger partial charge in [0.15, 0.2) is 5.69 Å². The molecule has 0 atom stereocenters. The number of halogens is 6. The Bertz CT molecular complexity index is 3670. The minimum atomic E-state index is -5.21. The summed E-state index contributed by atoms with van der Waals surface area (Å²) in [6.07, 6.45) is -10.3. The molecule has 0 amide bonds. The summed E-state index contributed by atoms with van der Waals surface area (Å²) in [7, 11) is 0. The van der Waals surface area contributed by atoms with E-state index in [2.05, 4.69) is 17.0 Å². The Morgan fingerprint density at radius 1 is 0.453 bits per heavy atom. The average molecular weight is 848 g/mol. The van der Waals surface area contributed by atoms with Crippen LogP contribution in [-0.4, -0.2) is 9.13 Å². The fourth-order valence-electron chi connectivity index (χ4n) is 8.73. The number of nitriles is 2. The van der Waals surface area contributed by atoms with Crippen LogP contribution < -0.4 is 0 Å². The summed E-state index contributed by atoms with van der Waals surface area (Å²) in [5.41, 5.74) is 3.71. The van der Waals surface area contributed by atoms with Gasteiger partial charge < -0.3 is 9.13 Å². The van der Waals surface area contributed by atoms with Gasteiger partial charge in [0.2, 0.25) is 0 Å². The van der Waals surface area contributed by atoms with Crippen LogP contribution in [0.15, 0.2) is 164 Å². The highest BCUT2D eigenvalue weighted by molar-refractivity contribution is 6.12. The average Bonchev–Trinajstić information content (AvgIpc) is 3.82. The largest absolute Gasteiger partial charge is 0.417 e. The van der Waals surface area contributed by atoms with Crippen LogP contribution in [0, 0.1) is 29.2 Å². The van der Waals surface area contributed by atoms with E-state index >= 15 is 13.2 Å². The van der Waals surface area contributed by atoms with Gasteiger partial charge in [0.1, 0.15) is 6.07 Å². The van der Waals surface area contributed by atoms with Crippen molar-refractivity contribution in [3.63, 3.8) is 0 Å². The Morgan fingerprint density at radius 2 is 0.969 bits per heavy atom. The first kappa shape index (κ1) is 39.5. The number of alkyl halides is 6. The van der Waals surface area contributed by atoms with Crippen molar-refractivity contribution in [2.45, 2.75) is 12.4 Å². The molecule has 0 spiro atoms. The zero-order valence-corrected chi connectivity index (χ0v) is 33.1. The Balaban J connectivity index is 1.29. The van der Waals surface area contributed by atoms with Crippen LogP contribution in [0.5, 0.6) is 0 Å². The van der Waals surface area contributed by atoms with E-state index in [9.17, 15) is 23.7 Å². The number of aromatic nitrogens is 2. The molecule has 306 valence electrons. The molecule has 10 rings (SSSR count). The molecule has 0 aliphatic heterocycles. The van der Waals surface area contributed by atoms with E-state index in [1.807, 2.05) is 97.1 Å². The first-order chi connectivity index (χ1) is 30.9. The Kier molecular flexibility index (Phi) is 9.14. The van der Waals surface area contributed by atoms with Crippen molar-refractivity contribution in [3.05, 3.63) is 197 Å². The van der Waals surface area contributed by atoms with Crippen LogP contribution in [0.25, 0.3) is 93.2 Å². The summed E-state index contributed by atoms with van der Waals surface area (Å²) in [5.74, 6) is 0. The highest BCUT2D eigenvalue weighted by atomic mass is 19.4. The van der Waals surface area contributed by atoms with Crippen LogP contribution >= 0.6 is 0 Å². The van der Waals surface area contributed by atoms with Crippen molar-refractivity contribution < 1.29 is 26.3 Å². The van der Waals surface area contributed by atoms with Crippen LogP contribution in [-0.2, 0) is 12.4 Å². The van der Waals surface area contributed by atoms with Crippen LogP contribution in [0.4, 0.5) is 32.0 Å². The van der Waals surface area contributed by atoms with Crippen molar-refractivity contribution >= 4 is 49.3 Å². The van der Waals surface area contributed by atoms with Crippen molar-refractivity contribution in [2.24, 2.45) is 0 Å². The van der Waals surface area contributed by atoms with Gasteiger partial charge in [-0.1, -0.05) is 91.0 Å². The van der Waals surface area contributed by atoms with E-state index in [1.54, 1.807) is 45.5 Å². The number of rotatable bonds is 5. The maximum atomic E-state index is 15.2. The monoisotopic (exact) mass is 847 g/mol. The second kappa shape index (κ2) is 14.8. The van der Waals surface area contributed by atoms with Gasteiger partial charge in [-0.15, -0.1) is 0 Å². The lowest BCUT2D eigenvalue weighted by Crippen LogP contribution is -2.13. The fourth-order valence-corrected chi connectivity index (χ4v) is 8.73. The van der Waals surface area contributed by atoms with Gasteiger partial charge in [-0.3, -0.25) is 0 Å². The van der Waals surface area contributed by atoms with Crippen LogP contribution in [0.3, 0.4) is 0 Å². The maximum absolute atomic E-state index is 15.2. The lowest BCUT2D eigenvalue weighted by molar-refractivity contribution is -0.142. The molecule has 0 aliphatic rings. The van der Waals surface area contributed by atoms with E-state index in [4.69, 9.17) is 6.57 Å². The topological polar surface area (TPSA) is 61.8 Å². The normalized spacial score (nSPS) is 11.9. The van der Waals surface area contributed by atoms with Gasteiger partial charge in [-0.2, -0.15) is 36.9 Å². The number of hydrogen-bond donors (Lipinski definition) is 0. The van der Waals surface area contributed by atoms with Gasteiger partial charge in [0, 0.05) is 27.1 Å². The predicted molar refractivity (Wildman–Crippen MR) is 237 cm³/mol. The molecule has 11 heteroatoms. The lowest BCUT2D eigenvalue weighted by Gasteiger charge is -2.22. The number of fused-ring (bicyclic) bond motifs is 6. The van der Waals surface area contributed by atoms with Crippen LogP contribution in [0.1, 0.15) is 22.3 Å². The van der Waals surface area contributed by atoms with E-state index in [0.717, 1.165) is 49.9 Å². The molecule has 2 aromatic heterocycles. The van der Waals surface area contributed by atoms with Gasteiger partial charge >= 0.3 is 12.4 Å². The number of hydrogen-bond acceptors (Lipinski definition) is 2. The molecule has 0 aliphatic carbocycles. The Labute approximate surface area is 360 Å². The molecule has 0 unspecified atom stereocenters. The third-order valence-corrected chi connectivity index (χ3v) is 11.7. The molecule has 0 radical (unpaired) electrons. The molecule has 0 fully saturated rings. The standard InChI is InChI=1S/C53H27F6N5/c1-62-38-19-14-33(15-20-38)35-17-23-49-43(25-35)41-7-3-5-9-47(41)64(49)51-26-36(30-61)50(28-44(51)39-21-18-37(52(54,55)56)27-45(39)53(57,58)59)63-46-8-4-2-6-40(46)42-24-34(16-22-48(42)63)32-12-10-31(29-60)11-13-32/h2-28H. The predicted octanol–water partition coefficient (Wildman–Crippen LogP) is 15.2. The second-order valence-electron chi connectivity index (χ2n) is 15.3. The van der Waals surface area contributed by atoms with Crippen LogP contribution in [0.2, 0.25) is 0 Å². The van der Waals surface area contributed by atoms with Crippen molar-refractivity contribution in [1.82, 2.24) is 9.13 Å². The molecular formula is C53H27F6N5. The third-order valence-electron chi connectivity index (χ3n) is 11.7. The Hall–Kier alpha value is -8.59. The first-order valence-electron chi connectivity index (χ1n) is 19.8. The fraction of sp³-hybridized carbons (Fsp3) is 0.0377. The van der Waals surface area contributed by atoms with Gasteiger partial charge in [-0.25, -0.2) is 4.85 Å². The van der Waals surface area contributed by atoms with Crippen molar-refractivity contribution in [3.8, 4) is 56.9 Å². The van der Waals surface area contributed by atoms with Gasteiger partial charge in [0.05, 0.1) is 68.3 Å². The third kappa shape index (κ3) is 6.48. The first-order valence-corrected chi connectivity index (χ1v) is 19.8. The lowest BCUT2D eigenvalue weighted by atomic mass is 9.93. The summed E-state index contributed by atoms with van der Waals surface area (Å²) in [6.45, 7) is 7.35. The molecule has 0 N–H and O–H groups in total. The Morgan fingerprint density at radius 3 is 1.48 bits per heavy atom. The highest BCUT2D eigenvalue weighted by Crippen LogP contribution is 2.46. The maximum Gasteiger partial charge on any atom is 0.417 e. The summed E-state index contributed by atoms with van der Waals surface area (Å²) < 4.78 is 91.6. The number of nitrogens with zero attached hydrogens (tertiary/aromatic N) is 5. The number of benzene rings is 8. The molecule has 64 heavy (non-hydrogen) atoms. The van der Waals surface area contributed by atoms with E-state index in [0.29, 0.717) is 39.4 Å². The van der Waals surface area contributed by atoms with Gasteiger partial charge in [-0.05, 0) is 101 Å². The zero-order valence-electron chi connectivity index (χ0n) is 33.1. The summed E-state index contributed by atoms with van der Waals surface area (Å²) in [6, 6.07) is 49.3. The molecule has 5 nitrogen and oxygen atoms in total. The zero-order chi connectivity index (χ0) is 44.5. The molecule has 8 aromatic carbocycles. The minimum Gasteiger partial charge on any atom is -0.309 e. The van der Waals surface area contributed by atoms with E-state index in [-0.39, 0.29) is 28.6 Å². The molecule has 0 saturated heterocycles. The molecule has 0 bridgehead atoms. The molecule has 2 heterocycles. The quantitative estimate of drug-likeness (QED) is 0.128. The second-order valence-corrected chi connectivity index (χ2v) is 15.3. The highest BCUT2D eigenvalue weighted by Gasteiger charge is 2.39. The molecular weight excluding hydrogens is 821 g/mol. The number of para-hydroxylation sites is 2. The van der Waals surface area contributed by atoms with Crippen molar-refractivity contribution in [1.29, 1.82) is 10.5 Å². The summed E-state index contributed by atoms with van der Waals surface area (Å²) >= 11 is 0. The van der Waals surface area contributed by atoms with Gasteiger partial charge in [0.25, 0.3) is 0 Å². The van der Waals surface area contributed by atoms with E-state index in [1.165, 1.54) is 12.1 Å². The van der Waals surface area contributed by atoms with E-state index < -0.39 is 29.0 Å². The molecule has 10 aromatic rings. The minimum absolute atomic E-state index is 0.0587. The smallest absolute Gasteiger partial charge is 0.309 e. The molecule has 0 saturated carbocycles. The SMILES string of the molecule is [C-]#[N+]c1ccc(-c2ccc3c(c2)c2ccccc2n3-c2cc(C#N)c(-n3c4ccccc4c4cc(-c5ccc(C#N)cc5)ccc43)cc2-c2ccc(C(F)(F)F)cc2C(F)(F)F)cc1. The summed E-state index contributed by atoms with van der Waals surface area (Å²) in [4.78, 5) is 3.48. The summed E-state index contributed by atoms with van der Waals surface area (Å²) in [5, 5.41) is 23.4. The van der Waals surface area contributed by atoms with Crippen molar-refractivity contribution in [2.75, 3.05) is 0 Å².